The molecule has 2 atom stereocenters. The molecule has 1 saturated carbocycles. The number of nitrogens with one attached hydrogen (secondary N) is 1. The van der Waals surface area contributed by atoms with Gasteiger partial charge in [0.15, 0.2) is 0 Å². The molecule has 1 aliphatic rings. The Morgan fingerprint density at radius 1 is 1.43 bits per heavy atom. The summed E-state index contributed by atoms with van der Waals surface area (Å²) in [4.78, 5) is 21.3. The van der Waals surface area contributed by atoms with E-state index in [2.05, 4.69) is 12.2 Å². The zero-order chi connectivity index (χ0) is 15.4. The van der Waals surface area contributed by atoms with Crippen LogP contribution in [0.1, 0.15) is 43.0 Å². The molecule has 2 N–H and O–H groups in total. The quantitative estimate of drug-likeness (QED) is 0.639. The second-order valence-electron chi connectivity index (χ2n) is 5.70. The number of nitro groups is 1. The van der Waals surface area contributed by atoms with E-state index in [0.717, 1.165) is 6.54 Å². The van der Waals surface area contributed by atoms with E-state index in [1.165, 1.54) is 37.8 Å². The van der Waals surface area contributed by atoms with Crippen LogP contribution in [0.15, 0.2) is 18.2 Å². The number of hydrogen-bond acceptors (Lipinski definition) is 4. The van der Waals surface area contributed by atoms with Gasteiger partial charge in [0.05, 0.1) is 4.92 Å². The van der Waals surface area contributed by atoms with E-state index in [9.17, 15) is 14.9 Å². The summed E-state index contributed by atoms with van der Waals surface area (Å²) in [6.45, 7) is 3.01. The molecule has 0 aromatic heterocycles. The average Bonchev–Trinajstić information content (AvgIpc) is 2.46. The molecule has 1 aromatic rings. The number of hydrogen-bond donors (Lipinski definition) is 2. The molecule has 0 heterocycles. The first-order valence-corrected chi connectivity index (χ1v) is 7.24. The predicted molar refractivity (Wildman–Crippen MR) is 79.7 cm³/mol. The molecule has 0 aliphatic heterocycles. The molecule has 1 fully saturated rings. The molecular formula is C15H20N2O4. The highest BCUT2D eigenvalue weighted by molar-refractivity contribution is 5.93. The number of carboxylic acids is 1. The van der Waals surface area contributed by atoms with Crippen molar-refractivity contribution in [3.63, 3.8) is 0 Å². The topological polar surface area (TPSA) is 92.5 Å². The zero-order valence-electron chi connectivity index (χ0n) is 12.0. The van der Waals surface area contributed by atoms with Crippen molar-refractivity contribution in [2.75, 3.05) is 11.9 Å². The molecule has 0 amide bonds. The summed E-state index contributed by atoms with van der Waals surface area (Å²) < 4.78 is 0. The number of aromatic carboxylic acids is 1. The first kappa shape index (κ1) is 15.3. The number of rotatable bonds is 5. The number of nitrogens with zero attached hydrogens (tertiary/aromatic N) is 1. The summed E-state index contributed by atoms with van der Waals surface area (Å²) in [5, 5.41) is 23.1. The van der Waals surface area contributed by atoms with E-state index < -0.39 is 10.9 Å². The van der Waals surface area contributed by atoms with Gasteiger partial charge < -0.3 is 10.4 Å². The zero-order valence-corrected chi connectivity index (χ0v) is 12.0. The molecule has 1 aliphatic carbocycles. The van der Waals surface area contributed by atoms with Crippen LogP contribution in [0.5, 0.6) is 0 Å². The van der Waals surface area contributed by atoms with Crippen molar-refractivity contribution in [2.24, 2.45) is 11.8 Å². The van der Waals surface area contributed by atoms with E-state index in [1.54, 1.807) is 6.07 Å². The van der Waals surface area contributed by atoms with Crippen molar-refractivity contribution in [3.8, 4) is 0 Å². The minimum Gasteiger partial charge on any atom is -0.477 e. The average molecular weight is 292 g/mol. The number of benzene rings is 1. The summed E-state index contributed by atoms with van der Waals surface area (Å²) in [6, 6.07) is 4.17. The van der Waals surface area contributed by atoms with Crippen LogP contribution < -0.4 is 5.32 Å². The summed E-state index contributed by atoms with van der Waals surface area (Å²) >= 11 is 0. The van der Waals surface area contributed by atoms with Gasteiger partial charge in [0.1, 0.15) is 5.56 Å². The fraction of sp³-hybridized carbons (Fsp3) is 0.533. The highest BCUT2D eigenvalue weighted by Gasteiger charge is 2.22. The molecule has 2 rings (SSSR count). The van der Waals surface area contributed by atoms with Crippen molar-refractivity contribution in [2.45, 2.75) is 32.6 Å². The minimum absolute atomic E-state index is 0.281. The lowest BCUT2D eigenvalue weighted by Crippen LogP contribution is -2.24. The third kappa shape index (κ3) is 3.71. The maximum absolute atomic E-state index is 11.0. The number of nitro benzene ring substituents is 1. The third-order valence-corrected chi connectivity index (χ3v) is 4.28. The Kier molecular flexibility index (Phi) is 4.77. The monoisotopic (exact) mass is 292 g/mol. The van der Waals surface area contributed by atoms with Crippen LogP contribution in [0.4, 0.5) is 11.4 Å². The van der Waals surface area contributed by atoms with Gasteiger partial charge in [0, 0.05) is 18.3 Å². The third-order valence-electron chi connectivity index (χ3n) is 4.28. The second-order valence-corrected chi connectivity index (χ2v) is 5.70. The highest BCUT2D eigenvalue weighted by atomic mass is 16.6. The molecule has 0 bridgehead atoms. The Morgan fingerprint density at radius 3 is 2.76 bits per heavy atom. The Bertz CT molecular complexity index is 544. The SMILES string of the molecule is CC1CCCCC1CNc1ccc(C(=O)O)c([N+](=O)[O-])c1. The van der Waals surface area contributed by atoms with Crippen LogP contribution in [-0.2, 0) is 0 Å². The van der Waals surface area contributed by atoms with Crippen LogP contribution in [-0.4, -0.2) is 22.5 Å². The van der Waals surface area contributed by atoms with Crippen molar-refractivity contribution in [3.05, 3.63) is 33.9 Å². The van der Waals surface area contributed by atoms with Gasteiger partial charge in [-0.25, -0.2) is 4.79 Å². The molecule has 0 saturated heterocycles. The number of carboxylic acid groups (broad SMARTS) is 1. The van der Waals surface area contributed by atoms with Crippen LogP contribution >= 0.6 is 0 Å². The van der Waals surface area contributed by atoms with E-state index in [0.29, 0.717) is 17.5 Å². The van der Waals surface area contributed by atoms with E-state index >= 15 is 0 Å². The van der Waals surface area contributed by atoms with Crippen molar-refractivity contribution >= 4 is 17.3 Å². The van der Waals surface area contributed by atoms with E-state index in [4.69, 9.17) is 5.11 Å². The van der Waals surface area contributed by atoms with Gasteiger partial charge in [0.25, 0.3) is 5.69 Å². The Hall–Kier alpha value is -2.11. The number of carbonyl (C=O) groups is 1. The summed E-state index contributed by atoms with van der Waals surface area (Å²) in [5.41, 5.74) is -0.0507. The van der Waals surface area contributed by atoms with Gasteiger partial charge in [0.2, 0.25) is 0 Å². The summed E-state index contributed by atoms with van der Waals surface area (Å²) in [5.74, 6) is -0.0642. The molecule has 1 aromatic carbocycles. The van der Waals surface area contributed by atoms with Crippen molar-refractivity contribution in [1.29, 1.82) is 0 Å². The smallest absolute Gasteiger partial charge is 0.342 e. The summed E-state index contributed by atoms with van der Waals surface area (Å²) in [7, 11) is 0. The number of anilines is 1. The molecule has 6 heteroatoms. The standard InChI is InChI=1S/C15H20N2O4/c1-10-4-2-3-5-11(10)9-16-12-6-7-13(15(18)19)14(8-12)17(20)21/h6-8,10-11,16H,2-5,9H2,1H3,(H,18,19). The largest absolute Gasteiger partial charge is 0.477 e. The van der Waals surface area contributed by atoms with Gasteiger partial charge in [-0.05, 0) is 30.4 Å². The fourth-order valence-corrected chi connectivity index (χ4v) is 2.92. The lowest BCUT2D eigenvalue weighted by Gasteiger charge is -2.29. The molecule has 0 radical (unpaired) electrons. The molecule has 6 nitrogen and oxygen atoms in total. The Balaban J connectivity index is 2.08. The maximum atomic E-state index is 11.0. The molecular weight excluding hydrogens is 272 g/mol. The van der Waals surface area contributed by atoms with Crippen LogP contribution in [0.2, 0.25) is 0 Å². The van der Waals surface area contributed by atoms with Gasteiger partial charge >= 0.3 is 5.97 Å². The Labute approximate surface area is 123 Å². The van der Waals surface area contributed by atoms with Crippen molar-refractivity contribution in [1.82, 2.24) is 0 Å². The van der Waals surface area contributed by atoms with Crippen molar-refractivity contribution < 1.29 is 14.8 Å². The lowest BCUT2D eigenvalue weighted by molar-refractivity contribution is -0.385. The van der Waals surface area contributed by atoms with Gasteiger partial charge in [-0.2, -0.15) is 0 Å². The van der Waals surface area contributed by atoms with E-state index in [1.807, 2.05) is 0 Å². The van der Waals surface area contributed by atoms with Crippen LogP contribution in [0.3, 0.4) is 0 Å². The lowest BCUT2D eigenvalue weighted by atomic mass is 9.80. The predicted octanol–water partition coefficient (Wildman–Crippen LogP) is 3.53. The highest BCUT2D eigenvalue weighted by Crippen LogP contribution is 2.30. The maximum Gasteiger partial charge on any atom is 0.342 e. The molecule has 0 spiro atoms. The molecule has 21 heavy (non-hydrogen) atoms. The normalized spacial score (nSPS) is 21.8. The Morgan fingerprint density at radius 2 is 2.14 bits per heavy atom. The summed E-state index contributed by atoms with van der Waals surface area (Å²) in [6.07, 6.45) is 4.90. The minimum atomic E-state index is -1.28. The van der Waals surface area contributed by atoms with Crippen LogP contribution in [0.25, 0.3) is 0 Å². The van der Waals surface area contributed by atoms with Gasteiger partial charge in [-0.1, -0.05) is 26.2 Å². The molecule has 114 valence electrons. The van der Waals surface area contributed by atoms with Gasteiger partial charge in [-0.15, -0.1) is 0 Å². The van der Waals surface area contributed by atoms with Gasteiger partial charge in [-0.3, -0.25) is 10.1 Å². The van der Waals surface area contributed by atoms with Crippen LogP contribution in [0, 0.1) is 22.0 Å². The van der Waals surface area contributed by atoms with E-state index in [-0.39, 0.29) is 11.3 Å². The fourth-order valence-electron chi connectivity index (χ4n) is 2.92. The second kappa shape index (κ2) is 6.56. The molecule has 2 unspecified atom stereocenters. The first-order valence-electron chi connectivity index (χ1n) is 7.24. The first-order chi connectivity index (χ1) is 9.99.